The van der Waals surface area contributed by atoms with Gasteiger partial charge in [0.2, 0.25) is 0 Å². The highest BCUT2D eigenvalue weighted by atomic mass is 16.5. The number of aliphatic carboxylic acids is 1. The monoisotopic (exact) mass is 467 g/mol. The minimum Gasteiger partial charge on any atom is -0.480 e. The normalized spacial score (nSPS) is 13.7. The van der Waals surface area contributed by atoms with Crippen molar-refractivity contribution >= 4 is 34.2 Å². The van der Waals surface area contributed by atoms with Crippen molar-refractivity contribution in [2.45, 2.75) is 25.8 Å². The zero-order valence-corrected chi connectivity index (χ0v) is 19.8. The van der Waals surface area contributed by atoms with Crippen LogP contribution < -0.4 is 20.3 Å². The summed E-state index contributed by atoms with van der Waals surface area (Å²) in [5.41, 5.74) is 3.58. The van der Waals surface area contributed by atoms with E-state index in [0.29, 0.717) is 11.6 Å². The third-order valence-electron chi connectivity index (χ3n) is 5.98. The first-order valence-electron chi connectivity index (χ1n) is 11.7. The molecule has 2 aromatic heterocycles. The van der Waals surface area contributed by atoms with Gasteiger partial charge >= 0.3 is 5.97 Å². The van der Waals surface area contributed by atoms with Gasteiger partial charge in [0.15, 0.2) is 6.61 Å². The number of carboxylic acids is 1. The van der Waals surface area contributed by atoms with E-state index < -0.39 is 5.97 Å². The van der Waals surface area contributed by atoms with Crippen LogP contribution in [0.1, 0.15) is 24.8 Å². The Labute approximate surface area is 199 Å². The average molecular weight is 468 g/mol. The van der Waals surface area contributed by atoms with Crippen LogP contribution in [0.25, 0.3) is 11.0 Å². The van der Waals surface area contributed by atoms with Crippen molar-refractivity contribution < 1.29 is 14.6 Å². The largest absolute Gasteiger partial charge is 0.480 e. The van der Waals surface area contributed by atoms with Gasteiger partial charge in [-0.25, -0.2) is 14.8 Å². The smallest absolute Gasteiger partial charge is 0.341 e. The van der Waals surface area contributed by atoms with Crippen molar-refractivity contribution in [2.24, 2.45) is 0 Å². The Morgan fingerprint density at radius 1 is 1.29 bits per heavy atom. The molecule has 0 spiro atoms. The Balaban J connectivity index is 1.58. The van der Waals surface area contributed by atoms with Crippen LogP contribution in [0.5, 0.6) is 5.75 Å². The van der Waals surface area contributed by atoms with Crippen LogP contribution in [0.4, 0.5) is 17.2 Å². The molecule has 1 aromatic carbocycles. The first kappa shape index (κ1) is 23.8. The molecule has 4 N–H and O–H groups in total. The summed E-state index contributed by atoms with van der Waals surface area (Å²) in [6.07, 6.45) is 6.83. The summed E-state index contributed by atoms with van der Waals surface area (Å²) < 4.78 is 5.65. The maximum Gasteiger partial charge on any atom is 0.341 e. The number of ether oxygens (including phenoxy) is 1. The van der Waals surface area contributed by atoms with Crippen molar-refractivity contribution in [3.8, 4) is 5.75 Å². The Morgan fingerprint density at radius 2 is 2.12 bits per heavy atom. The van der Waals surface area contributed by atoms with Gasteiger partial charge in [-0.05, 0) is 64.1 Å². The lowest BCUT2D eigenvalue weighted by Crippen LogP contribution is -2.22. The van der Waals surface area contributed by atoms with E-state index in [1.165, 1.54) is 6.33 Å². The zero-order chi connectivity index (χ0) is 23.9. The van der Waals surface area contributed by atoms with E-state index in [1.54, 1.807) is 0 Å². The molecule has 0 bridgehead atoms. The van der Waals surface area contributed by atoms with Gasteiger partial charge in [0.05, 0.1) is 11.1 Å². The number of carboxylic acid groups (broad SMARTS) is 1. The fourth-order valence-electron chi connectivity index (χ4n) is 4.34. The molecule has 0 atom stereocenters. The molecule has 182 valence electrons. The van der Waals surface area contributed by atoms with Gasteiger partial charge in [-0.15, -0.1) is 0 Å². The molecule has 3 heterocycles. The molecule has 34 heavy (non-hydrogen) atoms. The Kier molecular flexibility index (Phi) is 7.81. The van der Waals surface area contributed by atoms with Crippen LogP contribution in [-0.2, 0) is 11.3 Å². The van der Waals surface area contributed by atoms with E-state index >= 15 is 0 Å². The number of H-pyrrole nitrogens is 1. The number of aromatic nitrogens is 3. The highest BCUT2D eigenvalue weighted by Gasteiger charge is 2.19. The van der Waals surface area contributed by atoms with Crippen LogP contribution in [0, 0.1) is 0 Å². The molecule has 0 amide bonds. The van der Waals surface area contributed by atoms with Crippen molar-refractivity contribution in [2.75, 3.05) is 57.1 Å². The van der Waals surface area contributed by atoms with Crippen LogP contribution in [0.2, 0.25) is 0 Å². The SMILES string of the molecule is CNCCCN(C)Cc1c[nH]c2ncnc(Nc3ccc(N4CCCC4)c(OCC(=O)O)c3)c12. The number of anilines is 3. The van der Waals surface area contributed by atoms with Gasteiger partial charge in [-0.2, -0.15) is 0 Å². The number of aromatic amines is 1. The molecule has 3 aromatic rings. The molecular weight excluding hydrogens is 434 g/mol. The van der Waals surface area contributed by atoms with E-state index in [4.69, 9.17) is 9.84 Å². The Hall–Kier alpha value is -3.37. The Bertz CT molecular complexity index is 1110. The molecule has 10 nitrogen and oxygen atoms in total. The molecule has 0 unspecified atom stereocenters. The number of rotatable bonds is 12. The summed E-state index contributed by atoms with van der Waals surface area (Å²) in [4.78, 5) is 27.8. The lowest BCUT2D eigenvalue weighted by molar-refractivity contribution is -0.139. The molecule has 4 rings (SSSR count). The van der Waals surface area contributed by atoms with Gasteiger partial charge < -0.3 is 35.3 Å². The molecule has 0 aliphatic carbocycles. The number of benzene rings is 1. The van der Waals surface area contributed by atoms with Gasteiger partial charge in [-0.1, -0.05) is 0 Å². The fourth-order valence-corrected chi connectivity index (χ4v) is 4.34. The van der Waals surface area contributed by atoms with Crippen molar-refractivity contribution in [1.82, 2.24) is 25.2 Å². The number of nitrogens with zero attached hydrogens (tertiary/aromatic N) is 4. The predicted octanol–water partition coefficient (Wildman–Crippen LogP) is 2.81. The molecule has 0 saturated carbocycles. The predicted molar refractivity (Wildman–Crippen MR) is 133 cm³/mol. The molecule has 1 aliphatic heterocycles. The summed E-state index contributed by atoms with van der Waals surface area (Å²) in [6, 6.07) is 5.81. The minimum atomic E-state index is -1.00. The van der Waals surface area contributed by atoms with Gasteiger partial charge in [0, 0.05) is 37.6 Å². The molecule has 1 aliphatic rings. The van der Waals surface area contributed by atoms with Crippen molar-refractivity contribution in [1.29, 1.82) is 0 Å². The lowest BCUT2D eigenvalue weighted by Gasteiger charge is -2.22. The van der Waals surface area contributed by atoms with Crippen LogP contribution in [0.15, 0.2) is 30.7 Å². The second kappa shape index (κ2) is 11.2. The van der Waals surface area contributed by atoms with E-state index in [2.05, 4.69) is 42.4 Å². The van der Waals surface area contributed by atoms with Crippen LogP contribution in [0.3, 0.4) is 0 Å². The second-order valence-corrected chi connectivity index (χ2v) is 8.64. The summed E-state index contributed by atoms with van der Waals surface area (Å²) in [6.45, 7) is 4.23. The Morgan fingerprint density at radius 3 is 2.88 bits per heavy atom. The first-order valence-corrected chi connectivity index (χ1v) is 11.7. The quantitative estimate of drug-likeness (QED) is 0.298. The average Bonchev–Trinajstić information content (AvgIpc) is 3.49. The maximum absolute atomic E-state index is 11.1. The summed E-state index contributed by atoms with van der Waals surface area (Å²) >= 11 is 0. The van der Waals surface area contributed by atoms with Crippen molar-refractivity contribution in [3.05, 3.63) is 36.3 Å². The molecule has 10 heteroatoms. The summed E-state index contributed by atoms with van der Waals surface area (Å²) in [5, 5.41) is 16.6. The maximum atomic E-state index is 11.1. The number of hydrogen-bond donors (Lipinski definition) is 4. The van der Waals surface area contributed by atoms with E-state index in [-0.39, 0.29) is 6.61 Å². The summed E-state index contributed by atoms with van der Waals surface area (Å²) in [5.74, 6) is 0.250. The van der Waals surface area contributed by atoms with Gasteiger partial charge in [0.25, 0.3) is 0 Å². The number of hydrogen-bond acceptors (Lipinski definition) is 8. The third-order valence-corrected chi connectivity index (χ3v) is 5.98. The highest BCUT2D eigenvalue weighted by Crippen LogP contribution is 2.35. The highest BCUT2D eigenvalue weighted by molar-refractivity contribution is 5.92. The number of fused-ring (bicyclic) bond motifs is 1. The fraction of sp³-hybridized carbons (Fsp3) is 0.458. The van der Waals surface area contributed by atoms with Gasteiger partial charge in [-0.3, -0.25) is 0 Å². The molecule has 1 fully saturated rings. The van der Waals surface area contributed by atoms with Crippen molar-refractivity contribution in [3.63, 3.8) is 0 Å². The van der Waals surface area contributed by atoms with E-state index in [1.807, 2.05) is 31.4 Å². The zero-order valence-electron chi connectivity index (χ0n) is 19.8. The van der Waals surface area contributed by atoms with Crippen LogP contribution >= 0.6 is 0 Å². The standard InChI is InChI=1S/C24H33N7O3/c1-25-8-5-9-30(2)14-17-13-26-23-22(17)24(28-16-27-23)29-18-6-7-19(31-10-3-4-11-31)20(12-18)34-15-21(32)33/h6-7,12-13,16,25H,3-5,8-11,14-15H2,1-2H3,(H,32,33)(H2,26,27,28,29). The molecular formula is C24H33N7O3. The first-order chi connectivity index (χ1) is 16.5. The minimum absolute atomic E-state index is 0.385. The number of nitrogens with one attached hydrogen (secondary N) is 3. The van der Waals surface area contributed by atoms with Crippen LogP contribution in [-0.4, -0.2) is 77.8 Å². The molecule has 1 saturated heterocycles. The summed E-state index contributed by atoms with van der Waals surface area (Å²) in [7, 11) is 4.07. The van der Waals surface area contributed by atoms with E-state index in [9.17, 15) is 4.79 Å². The molecule has 0 radical (unpaired) electrons. The lowest BCUT2D eigenvalue weighted by atomic mass is 10.2. The van der Waals surface area contributed by atoms with E-state index in [0.717, 1.165) is 80.0 Å². The second-order valence-electron chi connectivity index (χ2n) is 8.64. The topological polar surface area (TPSA) is 119 Å². The number of carbonyl (C=O) groups is 1. The third kappa shape index (κ3) is 5.75. The van der Waals surface area contributed by atoms with Gasteiger partial charge in [0.1, 0.15) is 23.5 Å².